The first kappa shape index (κ1) is 12.5. The molecule has 18 heavy (non-hydrogen) atoms. The van der Waals surface area contributed by atoms with Gasteiger partial charge in [-0.2, -0.15) is 5.10 Å². The van der Waals surface area contributed by atoms with Crippen molar-refractivity contribution in [2.24, 2.45) is 13.0 Å². The Bertz CT molecular complexity index is 610. The van der Waals surface area contributed by atoms with E-state index in [2.05, 4.69) is 28.9 Å². The zero-order chi connectivity index (χ0) is 13.3. The molecule has 0 atom stereocenters. The molecule has 0 saturated heterocycles. The summed E-state index contributed by atoms with van der Waals surface area (Å²) in [5, 5.41) is 4.17. The van der Waals surface area contributed by atoms with Crippen LogP contribution < -0.4 is 5.56 Å². The van der Waals surface area contributed by atoms with Crippen molar-refractivity contribution in [3.05, 3.63) is 34.0 Å². The van der Waals surface area contributed by atoms with Gasteiger partial charge in [0.25, 0.3) is 5.56 Å². The number of hydrogen-bond donors (Lipinski definition) is 1. The predicted molar refractivity (Wildman–Crippen MR) is 70.3 cm³/mol. The topological polar surface area (TPSA) is 63.6 Å². The van der Waals surface area contributed by atoms with Gasteiger partial charge in [0.15, 0.2) is 0 Å². The van der Waals surface area contributed by atoms with Crippen LogP contribution in [0.1, 0.15) is 25.2 Å². The van der Waals surface area contributed by atoms with Gasteiger partial charge in [-0.1, -0.05) is 13.8 Å². The van der Waals surface area contributed by atoms with Crippen molar-refractivity contribution in [3.63, 3.8) is 0 Å². The van der Waals surface area contributed by atoms with Gasteiger partial charge in [0, 0.05) is 24.5 Å². The number of nitrogens with one attached hydrogen (secondary N) is 1. The van der Waals surface area contributed by atoms with E-state index in [1.807, 2.05) is 14.0 Å². The minimum absolute atomic E-state index is 0.112. The van der Waals surface area contributed by atoms with Crippen LogP contribution in [0, 0.1) is 12.8 Å². The second-order valence-corrected chi connectivity index (χ2v) is 4.95. The summed E-state index contributed by atoms with van der Waals surface area (Å²) in [7, 11) is 1.87. The summed E-state index contributed by atoms with van der Waals surface area (Å²) in [5.41, 5.74) is 2.57. The lowest BCUT2D eigenvalue weighted by Crippen LogP contribution is -2.12. The Labute approximate surface area is 106 Å². The fourth-order valence-electron chi connectivity index (χ4n) is 1.89. The highest BCUT2D eigenvalue weighted by Gasteiger charge is 2.10. The van der Waals surface area contributed by atoms with E-state index < -0.39 is 0 Å². The molecule has 0 saturated carbocycles. The molecular weight excluding hydrogens is 228 g/mol. The van der Waals surface area contributed by atoms with Crippen LogP contribution in [0.25, 0.3) is 11.4 Å². The molecule has 0 fully saturated rings. The molecule has 0 aliphatic rings. The number of aromatic nitrogens is 4. The van der Waals surface area contributed by atoms with E-state index in [4.69, 9.17) is 0 Å². The van der Waals surface area contributed by atoms with Gasteiger partial charge in [0.05, 0.1) is 11.8 Å². The van der Waals surface area contributed by atoms with Crippen LogP contribution in [0.4, 0.5) is 0 Å². The van der Waals surface area contributed by atoms with Gasteiger partial charge < -0.3 is 4.98 Å². The zero-order valence-corrected chi connectivity index (χ0v) is 11.2. The van der Waals surface area contributed by atoms with E-state index in [0.717, 1.165) is 23.4 Å². The molecule has 0 spiro atoms. The highest BCUT2D eigenvalue weighted by atomic mass is 16.1. The van der Waals surface area contributed by atoms with E-state index in [9.17, 15) is 4.79 Å². The van der Waals surface area contributed by atoms with Crippen LogP contribution in [0.3, 0.4) is 0 Å². The Morgan fingerprint density at radius 1 is 1.44 bits per heavy atom. The summed E-state index contributed by atoms with van der Waals surface area (Å²) >= 11 is 0. The quantitative estimate of drug-likeness (QED) is 0.896. The van der Waals surface area contributed by atoms with Crippen molar-refractivity contribution in [2.75, 3.05) is 0 Å². The van der Waals surface area contributed by atoms with Crippen molar-refractivity contribution >= 4 is 0 Å². The lowest BCUT2D eigenvalue weighted by atomic mass is 10.1. The summed E-state index contributed by atoms with van der Waals surface area (Å²) in [6, 6.07) is 1.56. The number of H-pyrrole nitrogens is 1. The van der Waals surface area contributed by atoms with Crippen molar-refractivity contribution in [2.45, 2.75) is 27.2 Å². The van der Waals surface area contributed by atoms with E-state index in [0.29, 0.717) is 11.7 Å². The van der Waals surface area contributed by atoms with E-state index in [1.54, 1.807) is 16.9 Å². The maximum absolute atomic E-state index is 11.7. The third kappa shape index (κ3) is 2.50. The summed E-state index contributed by atoms with van der Waals surface area (Å²) in [5.74, 6) is 1.07. The SMILES string of the molecule is Cc1c(-c2nc(CC(C)C)cc(=O)[nH]2)cnn1C. The van der Waals surface area contributed by atoms with E-state index in [1.165, 1.54) is 0 Å². The molecule has 0 aliphatic carbocycles. The Morgan fingerprint density at radius 2 is 2.17 bits per heavy atom. The molecule has 96 valence electrons. The maximum atomic E-state index is 11.7. The number of nitrogens with zero attached hydrogens (tertiary/aromatic N) is 3. The lowest BCUT2D eigenvalue weighted by Gasteiger charge is -2.06. The van der Waals surface area contributed by atoms with Crippen molar-refractivity contribution in [3.8, 4) is 11.4 Å². The van der Waals surface area contributed by atoms with E-state index in [-0.39, 0.29) is 5.56 Å². The minimum atomic E-state index is -0.112. The smallest absolute Gasteiger partial charge is 0.251 e. The fourth-order valence-corrected chi connectivity index (χ4v) is 1.89. The molecule has 2 aromatic rings. The van der Waals surface area contributed by atoms with Crippen LogP contribution in [-0.4, -0.2) is 19.7 Å². The summed E-state index contributed by atoms with van der Waals surface area (Å²) < 4.78 is 1.77. The van der Waals surface area contributed by atoms with Crippen LogP contribution in [-0.2, 0) is 13.5 Å². The largest absolute Gasteiger partial charge is 0.306 e. The van der Waals surface area contributed by atoms with Crippen LogP contribution in [0.5, 0.6) is 0 Å². The predicted octanol–water partition coefficient (Wildman–Crippen LogP) is 1.68. The van der Waals surface area contributed by atoms with Gasteiger partial charge in [-0.3, -0.25) is 9.48 Å². The molecule has 1 N–H and O–H groups in total. The third-order valence-corrected chi connectivity index (χ3v) is 2.90. The van der Waals surface area contributed by atoms with Crippen LogP contribution in [0.15, 0.2) is 17.1 Å². The van der Waals surface area contributed by atoms with Gasteiger partial charge in [-0.15, -0.1) is 0 Å². The fraction of sp³-hybridized carbons (Fsp3) is 0.462. The maximum Gasteiger partial charge on any atom is 0.251 e. The highest BCUT2D eigenvalue weighted by molar-refractivity contribution is 5.56. The Morgan fingerprint density at radius 3 is 2.72 bits per heavy atom. The third-order valence-electron chi connectivity index (χ3n) is 2.90. The van der Waals surface area contributed by atoms with Gasteiger partial charge >= 0.3 is 0 Å². The number of hydrogen-bond acceptors (Lipinski definition) is 3. The molecule has 0 unspecified atom stereocenters. The normalized spacial score (nSPS) is 11.2. The van der Waals surface area contributed by atoms with Crippen molar-refractivity contribution in [1.82, 2.24) is 19.7 Å². The van der Waals surface area contributed by atoms with Gasteiger partial charge in [-0.05, 0) is 19.3 Å². The van der Waals surface area contributed by atoms with E-state index >= 15 is 0 Å². The average Bonchev–Trinajstić information content (AvgIpc) is 2.58. The standard InChI is InChI=1S/C13H18N4O/c1-8(2)5-10-6-12(18)16-13(15-10)11-7-14-17(4)9(11)3/h6-8H,5H2,1-4H3,(H,15,16,18). The summed E-state index contributed by atoms with van der Waals surface area (Å²) in [6.45, 7) is 6.17. The molecule has 2 aromatic heterocycles. The monoisotopic (exact) mass is 246 g/mol. The lowest BCUT2D eigenvalue weighted by molar-refractivity contribution is 0.633. The second-order valence-electron chi connectivity index (χ2n) is 4.95. The number of aromatic amines is 1. The minimum Gasteiger partial charge on any atom is -0.306 e. The van der Waals surface area contributed by atoms with Crippen molar-refractivity contribution in [1.29, 1.82) is 0 Å². The molecule has 2 rings (SSSR count). The molecule has 0 aromatic carbocycles. The number of aryl methyl sites for hydroxylation is 1. The summed E-state index contributed by atoms with van der Waals surface area (Å²) in [6.07, 6.45) is 2.53. The molecule has 2 heterocycles. The zero-order valence-electron chi connectivity index (χ0n) is 11.2. The average molecular weight is 246 g/mol. The van der Waals surface area contributed by atoms with Crippen LogP contribution in [0.2, 0.25) is 0 Å². The van der Waals surface area contributed by atoms with Gasteiger partial charge in [0.1, 0.15) is 5.82 Å². The molecule has 5 nitrogen and oxygen atoms in total. The van der Waals surface area contributed by atoms with Crippen LogP contribution >= 0.6 is 0 Å². The molecular formula is C13H18N4O. The first-order valence-electron chi connectivity index (χ1n) is 6.06. The first-order chi connectivity index (χ1) is 8.47. The number of rotatable bonds is 3. The molecule has 5 heteroatoms. The second kappa shape index (κ2) is 4.76. The van der Waals surface area contributed by atoms with Gasteiger partial charge in [-0.25, -0.2) is 4.98 Å². The molecule has 0 bridgehead atoms. The summed E-state index contributed by atoms with van der Waals surface area (Å²) in [4.78, 5) is 18.9. The van der Waals surface area contributed by atoms with Gasteiger partial charge in [0.2, 0.25) is 0 Å². The first-order valence-corrected chi connectivity index (χ1v) is 6.06. The van der Waals surface area contributed by atoms with Crippen molar-refractivity contribution < 1.29 is 0 Å². The molecule has 0 amide bonds. The molecule has 0 aliphatic heterocycles. The highest BCUT2D eigenvalue weighted by Crippen LogP contribution is 2.18. The Balaban J connectivity index is 2.48. The Kier molecular flexibility index (Phi) is 3.32. The molecule has 0 radical (unpaired) electrons. The Hall–Kier alpha value is -1.91.